The van der Waals surface area contributed by atoms with E-state index in [1.165, 1.54) is 19.3 Å². The second kappa shape index (κ2) is 11.1. The maximum absolute atomic E-state index is 12.8. The fourth-order valence-corrected chi connectivity index (χ4v) is 4.40. The third-order valence-electron chi connectivity index (χ3n) is 6.34. The molecule has 0 saturated carbocycles. The molecule has 2 saturated heterocycles. The van der Waals surface area contributed by atoms with Gasteiger partial charge in [0.25, 0.3) is 0 Å². The number of aromatic nitrogens is 2. The average molecular weight is 468 g/mol. The van der Waals surface area contributed by atoms with Crippen LogP contribution in [-0.4, -0.2) is 81.6 Å². The summed E-state index contributed by atoms with van der Waals surface area (Å²) in [7, 11) is 4.70. The van der Waals surface area contributed by atoms with Crippen LogP contribution in [0.5, 0.6) is 17.2 Å². The number of nitrogens with zero attached hydrogens (tertiary/aromatic N) is 5. The molecule has 2 fully saturated rings. The fourth-order valence-electron chi connectivity index (χ4n) is 4.40. The predicted molar refractivity (Wildman–Crippen MR) is 132 cm³/mol. The summed E-state index contributed by atoms with van der Waals surface area (Å²) < 4.78 is 16.1. The number of amides is 1. The molecule has 0 N–H and O–H groups in total. The Labute approximate surface area is 200 Å². The number of hydrogen-bond acceptors (Lipinski definition) is 8. The molecule has 0 atom stereocenters. The van der Waals surface area contributed by atoms with Gasteiger partial charge in [0.1, 0.15) is 0 Å². The Kier molecular flexibility index (Phi) is 7.72. The Morgan fingerprint density at radius 2 is 1.35 bits per heavy atom. The number of ether oxygens (including phenoxy) is 3. The minimum atomic E-state index is -0.0278. The zero-order valence-corrected chi connectivity index (χ0v) is 20.2. The van der Waals surface area contributed by atoms with E-state index in [4.69, 9.17) is 14.2 Å². The van der Waals surface area contributed by atoms with E-state index >= 15 is 0 Å². The first-order valence-corrected chi connectivity index (χ1v) is 11.7. The number of rotatable bonds is 7. The van der Waals surface area contributed by atoms with Gasteiger partial charge in [-0.25, -0.2) is 0 Å². The van der Waals surface area contributed by atoms with Crippen LogP contribution < -0.4 is 24.0 Å². The lowest BCUT2D eigenvalue weighted by molar-refractivity contribution is -0.126. The number of methoxy groups -OCH3 is 3. The first kappa shape index (κ1) is 23.7. The van der Waals surface area contributed by atoms with Crippen molar-refractivity contribution < 1.29 is 19.0 Å². The van der Waals surface area contributed by atoms with Crippen LogP contribution in [0.4, 0.5) is 11.6 Å². The summed E-state index contributed by atoms with van der Waals surface area (Å²) in [6.45, 7) is 4.82. The number of piperidine rings is 1. The van der Waals surface area contributed by atoms with Gasteiger partial charge in [0.05, 0.1) is 21.3 Å². The zero-order valence-electron chi connectivity index (χ0n) is 20.2. The van der Waals surface area contributed by atoms with Crippen LogP contribution in [0, 0.1) is 0 Å². The van der Waals surface area contributed by atoms with Gasteiger partial charge < -0.3 is 28.9 Å². The molecule has 0 spiro atoms. The van der Waals surface area contributed by atoms with Gasteiger partial charge >= 0.3 is 0 Å². The molecule has 9 nitrogen and oxygen atoms in total. The zero-order chi connectivity index (χ0) is 23.9. The molecule has 3 heterocycles. The topological polar surface area (TPSA) is 80.3 Å². The normalized spacial score (nSPS) is 16.6. The molecule has 1 aromatic carbocycles. The molecule has 2 aliphatic rings. The molecule has 4 rings (SSSR count). The molecule has 2 aliphatic heterocycles. The predicted octanol–water partition coefficient (Wildman–Crippen LogP) is 2.85. The lowest BCUT2D eigenvalue weighted by Gasteiger charge is -2.35. The molecule has 9 heteroatoms. The molecule has 2 aromatic rings. The Balaban J connectivity index is 1.33. The van der Waals surface area contributed by atoms with E-state index in [9.17, 15) is 4.79 Å². The van der Waals surface area contributed by atoms with Gasteiger partial charge in [0.2, 0.25) is 11.7 Å². The first-order chi connectivity index (χ1) is 16.6. The summed E-state index contributed by atoms with van der Waals surface area (Å²) in [5.74, 6) is 3.41. The molecule has 1 amide bonds. The summed E-state index contributed by atoms with van der Waals surface area (Å²) in [6.07, 6.45) is 7.08. The van der Waals surface area contributed by atoms with E-state index in [0.29, 0.717) is 30.3 Å². The van der Waals surface area contributed by atoms with Crippen molar-refractivity contribution in [3.05, 3.63) is 35.9 Å². The number of benzene rings is 1. The third-order valence-corrected chi connectivity index (χ3v) is 6.34. The van der Waals surface area contributed by atoms with Crippen LogP contribution in [0.1, 0.15) is 24.8 Å². The van der Waals surface area contributed by atoms with E-state index in [0.717, 1.165) is 43.4 Å². The highest BCUT2D eigenvalue weighted by molar-refractivity contribution is 5.92. The molecular formula is C25H33N5O4. The lowest BCUT2D eigenvalue weighted by Crippen LogP contribution is -2.48. The largest absolute Gasteiger partial charge is 0.493 e. The molecule has 182 valence electrons. The third kappa shape index (κ3) is 5.35. The van der Waals surface area contributed by atoms with Crippen molar-refractivity contribution in [3.8, 4) is 17.2 Å². The first-order valence-electron chi connectivity index (χ1n) is 11.7. The van der Waals surface area contributed by atoms with E-state index in [-0.39, 0.29) is 5.91 Å². The van der Waals surface area contributed by atoms with Crippen molar-refractivity contribution in [2.45, 2.75) is 19.3 Å². The number of hydrogen-bond donors (Lipinski definition) is 0. The summed E-state index contributed by atoms with van der Waals surface area (Å²) >= 11 is 0. The van der Waals surface area contributed by atoms with Gasteiger partial charge in [-0.3, -0.25) is 4.79 Å². The smallest absolute Gasteiger partial charge is 0.246 e. The van der Waals surface area contributed by atoms with Crippen LogP contribution in [0.25, 0.3) is 6.08 Å². The van der Waals surface area contributed by atoms with E-state index in [1.54, 1.807) is 33.5 Å². The molecule has 1 aromatic heterocycles. The Bertz CT molecular complexity index is 972. The number of piperazine rings is 1. The minimum Gasteiger partial charge on any atom is -0.493 e. The molecule has 0 unspecified atom stereocenters. The van der Waals surface area contributed by atoms with Gasteiger partial charge in [-0.1, -0.05) is 0 Å². The molecular weight excluding hydrogens is 434 g/mol. The Hall–Kier alpha value is -3.49. The number of carbonyl (C=O) groups excluding carboxylic acids is 1. The van der Waals surface area contributed by atoms with Crippen molar-refractivity contribution in [1.29, 1.82) is 0 Å². The highest BCUT2D eigenvalue weighted by atomic mass is 16.5. The van der Waals surface area contributed by atoms with Crippen molar-refractivity contribution >= 4 is 23.6 Å². The standard InChI is InChI=1S/C25H33N5O4/c1-32-20-17-19(18-21(33-2)25(20)34-3)7-10-24(31)30-15-13-29(14-16-30)23-9-8-22(26-27-23)28-11-5-4-6-12-28/h7-10,17-18H,4-6,11-16H2,1-3H3/b10-7+. The Morgan fingerprint density at radius 1 is 0.794 bits per heavy atom. The van der Waals surface area contributed by atoms with E-state index in [1.807, 2.05) is 23.1 Å². The van der Waals surface area contributed by atoms with Gasteiger partial charge in [-0.15, -0.1) is 10.2 Å². The van der Waals surface area contributed by atoms with Crippen LogP contribution in [-0.2, 0) is 4.79 Å². The summed E-state index contributed by atoms with van der Waals surface area (Å²) in [5, 5.41) is 8.90. The monoisotopic (exact) mass is 467 g/mol. The number of carbonyl (C=O) groups is 1. The van der Waals surface area contributed by atoms with Crippen LogP contribution in [0.3, 0.4) is 0 Å². The highest BCUT2D eigenvalue weighted by Gasteiger charge is 2.21. The maximum atomic E-state index is 12.8. The summed E-state index contributed by atoms with van der Waals surface area (Å²) in [4.78, 5) is 19.1. The number of anilines is 2. The quantitative estimate of drug-likeness (QED) is 0.575. The van der Waals surface area contributed by atoms with Gasteiger partial charge in [0.15, 0.2) is 23.1 Å². The lowest BCUT2D eigenvalue weighted by atomic mass is 10.1. The Morgan fingerprint density at radius 3 is 1.85 bits per heavy atom. The van der Waals surface area contributed by atoms with Crippen molar-refractivity contribution in [1.82, 2.24) is 15.1 Å². The van der Waals surface area contributed by atoms with Crippen LogP contribution in [0.15, 0.2) is 30.3 Å². The molecule has 0 radical (unpaired) electrons. The average Bonchev–Trinajstić information content (AvgIpc) is 2.91. The molecule has 0 bridgehead atoms. The highest BCUT2D eigenvalue weighted by Crippen LogP contribution is 2.38. The second-order valence-electron chi connectivity index (χ2n) is 8.40. The van der Waals surface area contributed by atoms with Crippen LogP contribution in [0.2, 0.25) is 0 Å². The molecule has 0 aliphatic carbocycles. The maximum Gasteiger partial charge on any atom is 0.246 e. The van der Waals surface area contributed by atoms with Gasteiger partial charge in [-0.05, 0) is 55.2 Å². The van der Waals surface area contributed by atoms with Gasteiger partial charge in [0, 0.05) is 45.3 Å². The van der Waals surface area contributed by atoms with Crippen LogP contribution >= 0.6 is 0 Å². The van der Waals surface area contributed by atoms with E-state index in [2.05, 4.69) is 26.1 Å². The second-order valence-corrected chi connectivity index (χ2v) is 8.40. The van der Waals surface area contributed by atoms with E-state index < -0.39 is 0 Å². The van der Waals surface area contributed by atoms with Crippen molar-refractivity contribution in [2.75, 3.05) is 70.4 Å². The fraction of sp³-hybridized carbons (Fsp3) is 0.480. The SMILES string of the molecule is COc1cc(/C=C/C(=O)N2CCN(c3ccc(N4CCCCC4)nn3)CC2)cc(OC)c1OC. The summed E-state index contributed by atoms with van der Waals surface area (Å²) in [5.41, 5.74) is 0.797. The van der Waals surface area contributed by atoms with Crippen molar-refractivity contribution in [2.24, 2.45) is 0 Å². The minimum absolute atomic E-state index is 0.0278. The molecule has 34 heavy (non-hydrogen) atoms. The van der Waals surface area contributed by atoms with Crippen molar-refractivity contribution in [3.63, 3.8) is 0 Å². The summed E-state index contributed by atoms with van der Waals surface area (Å²) in [6, 6.07) is 7.73. The van der Waals surface area contributed by atoms with Gasteiger partial charge in [-0.2, -0.15) is 0 Å².